The molecular weight excluding hydrogens is 258 g/mol. The molecule has 2 rings (SSSR count). The average Bonchev–Trinajstić information content (AvgIpc) is 2.48. The molecule has 0 bridgehead atoms. The molecule has 2 aromatic rings. The number of methoxy groups -OCH3 is 1. The van der Waals surface area contributed by atoms with Gasteiger partial charge < -0.3 is 4.74 Å². The molecule has 0 heterocycles. The van der Waals surface area contributed by atoms with E-state index in [-0.39, 0.29) is 5.69 Å². The number of non-ortho nitro benzene ring substituents is 1. The summed E-state index contributed by atoms with van der Waals surface area (Å²) >= 11 is 0. The van der Waals surface area contributed by atoms with Crippen LogP contribution in [-0.2, 0) is 0 Å². The van der Waals surface area contributed by atoms with Crippen molar-refractivity contribution in [3.8, 4) is 5.75 Å². The molecule has 0 saturated carbocycles. The standard InChI is InChI=1S/C14H13N3O3/c1-20-14-4-2-3-11(9-14)10-15-16-12-5-7-13(8-6-12)17(18)19/h2-10,16H,1H3/b15-10-. The van der Waals surface area contributed by atoms with Crippen LogP contribution in [-0.4, -0.2) is 18.2 Å². The minimum Gasteiger partial charge on any atom is -0.497 e. The summed E-state index contributed by atoms with van der Waals surface area (Å²) in [6.45, 7) is 0. The van der Waals surface area contributed by atoms with Crippen molar-refractivity contribution in [1.29, 1.82) is 0 Å². The first-order chi connectivity index (χ1) is 9.69. The van der Waals surface area contributed by atoms with Crippen LogP contribution in [0.15, 0.2) is 53.6 Å². The molecular formula is C14H13N3O3. The number of anilines is 1. The quantitative estimate of drug-likeness (QED) is 0.515. The summed E-state index contributed by atoms with van der Waals surface area (Å²) in [4.78, 5) is 10.1. The van der Waals surface area contributed by atoms with Crippen molar-refractivity contribution >= 4 is 17.6 Å². The first-order valence-electron chi connectivity index (χ1n) is 5.86. The molecule has 0 unspecified atom stereocenters. The van der Waals surface area contributed by atoms with E-state index in [0.717, 1.165) is 11.3 Å². The SMILES string of the molecule is COc1cccc(/C=N\Nc2ccc([N+](=O)[O-])cc2)c1. The van der Waals surface area contributed by atoms with Crippen LogP contribution < -0.4 is 10.2 Å². The van der Waals surface area contributed by atoms with Crippen LogP contribution in [0.4, 0.5) is 11.4 Å². The maximum absolute atomic E-state index is 10.5. The second-order valence-corrected chi connectivity index (χ2v) is 3.95. The van der Waals surface area contributed by atoms with Crippen molar-refractivity contribution in [3.05, 3.63) is 64.2 Å². The molecule has 0 aliphatic carbocycles. The minimum atomic E-state index is -0.441. The Morgan fingerprint density at radius 2 is 2.00 bits per heavy atom. The van der Waals surface area contributed by atoms with Gasteiger partial charge in [0.15, 0.2) is 0 Å². The first-order valence-corrected chi connectivity index (χ1v) is 5.86. The third-order valence-corrected chi connectivity index (χ3v) is 2.58. The summed E-state index contributed by atoms with van der Waals surface area (Å²) in [5.41, 5.74) is 4.41. The Morgan fingerprint density at radius 1 is 1.25 bits per heavy atom. The van der Waals surface area contributed by atoms with E-state index in [0.29, 0.717) is 5.69 Å². The molecule has 0 aliphatic rings. The number of hydrazone groups is 1. The average molecular weight is 271 g/mol. The Balaban J connectivity index is 2.00. The van der Waals surface area contributed by atoms with Crippen molar-refractivity contribution in [3.63, 3.8) is 0 Å². The molecule has 0 atom stereocenters. The van der Waals surface area contributed by atoms with Crippen molar-refractivity contribution in [2.45, 2.75) is 0 Å². The van der Waals surface area contributed by atoms with Gasteiger partial charge in [0.05, 0.1) is 23.9 Å². The van der Waals surface area contributed by atoms with Gasteiger partial charge >= 0.3 is 0 Å². The summed E-state index contributed by atoms with van der Waals surface area (Å²) < 4.78 is 5.11. The number of nitrogens with zero attached hydrogens (tertiary/aromatic N) is 2. The fraction of sp³-hybridized carbons (Fsp3) is 0.0714. The lowest BCUT2D eigenvalue weighted by Crippen LogP contribution is -1.92. The van der Waals surface area contributed by atoms with E-state index in [9.17, 15) is 10.1 Å². The van der Waals surface area contributed by atoms with E-state index >= 15 is 0 Å². The van der Waals surface area contributed by atoms with Crippen LogP contribution in [0.25, 0.3) is 0 Å². The van der Waals surface area contributed by atoms with Gasteiger partial charge in [0.1, 0.15) is 5.75 Å². The maximum atomic E-state index is 10.5. The summed E-state index contributed by atoms with van der Waals surface area (Å²) in [5.74, 6) is 0.754. The topological polar surface area (TPSA) is 76.8 Å². The van der Waals surface area contributed by atoms with Crippen molar-refractivity contribution in [2.75, 3.05) is 12.5 Å². The van der Waals surface area contributed by atoms with Crippen LogP contribution in [0, 0.1) is 10.1 Å². The minimum absolute atomic E-state index is 0.0484. The number of hydrogen-bond acceptors (Lipinski definition) is 5. The molecule has 1 N–H and O–H groups in total. The molecule has 0 aromatic heterocycles. The van der Waals surface area contributed by atoms with Gasteiger partial charge in [-0.1, -0.05) is 12.1 Å². The van der Waals surface area contributed by atoms with Crippen molar-refractivity contribution in [1.82, 2.24) is 0 Å². The number of ether oxygens (including phenoxy) is 1. The van der Waals surface area contributed by atoms with Gasteiger partial charge in [-0.2, -0.15) is 5.10 Å². The normalized spacial score (nSPS) is 10.4. The van der Waals surface area contributed by atoms with Crippen molar-refractivity contribution in [2.24, 2.45) is 5.10 Å². The smallest absolute Gasteiger partial charge is 0.269 e. The summed E-state index contributed by atoms with van der Waals surface area (Å²) in [5, 5.41) is 14.6. The lowest BCUT2D eigenvalue weighted by molar-refractivity contribution is -0.384. The fourth-order valence-corrected chi connectivity index (χ4v) is 1.56. The van der Waals surface area contributed by atoms with Gasteiger partial charge in [-0.15, -0.1) is 0 Å². The van der Waals surface area contributed by atoms with Crippen LogP contribution in [0.5, 0.6) is 5.75 Å². The molecule has 0 saturated heterocycles. The largest absolute Gasteiger partial charge is 0.497 e. The molecule has 102 valence electrons. The molecule has 2 aromatic carbocycles. The molecule has 0 radical (unpaired) electrons. The van der Waals surface area contributed by atoms with E-state index < -0.39 is 4.92 Å². The van der Waals surface area contributed by atoms with E-state index in [1.165, 1.54) is 12.1 Å². The van der Waals surface area contributed by atoms with Crippen LogP contribution in [0.2, 0.25) is 0 Å². The number of benzene rings is 2. The Kier molecular flexibility index (Phi) is 4.28. The highest BCUT2D eigenvalue weighted by Gasteiger charge is 2.02. The van der Waals surface area contributed by atoms with Gasteiger partial charge in [0.25, 0.3) is 5.69 Å². The summed E-state index contributed by atoms with van der Waals surface area (Å²) in [7, 11) is 1.60. The number of nitro benzene ring substituents is 1. The van der Waals surface area contributed by atoms with Gasteiger partial charge in [0, 0.05) is 12.1 Å². The lowest BCUT2D eigenvalue weighted by Gasteiger charge is -2.01. The Morgan fingerprint density at radius 3 is 2.65 bits per heavy atom. The predicted molar refractivity (Wildman–Crippen MR) is 77.3 cm³/mol. The van der Waals surface area contributed by atoms with Gasteiger partial charge in [0.2, 0.25) is 0 Å². The molecule has 0 fully saturated rings. The Hall–Kier alpha value is -2.89. The monoisotopic (exact) mass is 271 g/mol. The lowest BCUT2D eigenvalue weighted by atomic mass is 10.2. The van der Waals surface area contributed by atoms with E-state index in [1.54, 1.807) is 25.5 Å². The Bertz CT molecular complexity index is 624. The zero-order chi connectivity index (χ0) is 14.4. The van der Waals surface area contributed by atoms with Gasteiger partial charge in [-0.25, -0.2) is 0 Å². The third-order valence-electron chi connectivity index (χ3n) is 2.58. The molecule has 20 heavy (non-hydrogen) atoms. The summed E-state index contributed by atoms with van der Waals surface area (Å²) in [6, 6.07) is 13.5. The predicted octanol–water partition coefficient (Wildman–Crippen LogP) is 3.05. The van der Waals surface area contributed by atoms with Crippen LogP contribution in [0.3, 0.4) is 0 Å². The molecule has 6 heteroatoms. The second kappa shape index (κ2) is 6.33. The first kappa shape index (κ1) is 13.5. The van der Waals surface area contributed by atoms with Gasteiger partial charge in [-0.3, -0.25) is 15.5 Å². The summed E-state index contributed by atoms with van der Waals surface area (Å²) in [6.07, 6.45) is 1.64. The second-order valence-electron chi connectivity index (χ2n) is 3.95. The molecule has 0 spiro atoms. The van der Waals surface area contributed by atoms with E-state index in [4.69, 9.17) is 4.74 Å². The number of nitro groups is 1. The Labute approximate surface area is 115 Å². The van der Waals surface area contributed by atoms with E-state index in [2.05, 4.69) is 10.5 Å². The van der Waals surface area contributed by atoms with Crippen LogP contribution in [0.1, 0.15) is 5.56 Å². The zero-order valence-corrected chi connectivity index (χ0v) is 10.8. The van der Waals surface area contributed by atoms with E-state index in [1.807, 2.05) is 24.3 Å². The highest BCUT2D eigenvalue weighted by atomic mass is 16.6. The third kappa shape index (κ3) is 3.55. The van der Waals surface area contributed by atoms with Crippen molar-refractivity contribution < 1.29 is 9.66 Å². The maximum Gasteiger partial charge on any atom is 0.269 e. The van der Waals surface area contributed by atoms with Gasteiger partial charge in [-0.05, 0) is 29.8 Å². The molecule has 0 amide bonds. The highest BCUT2D eigenvalue weighted by Crippen LogP contribution is 2.15. The highest BCUT2D eigenvalue weighted by molar-refractivity contribution is 5.80. The number of nitrogens with one attached hydrogen (secondary N) is 1. The fourth-order valence-electron chi connectivity index (χ4n) is 1.56. The zero-order valence-electron chi connectivity index (χ0n) is 10.8. The number of rotatable bonds is 5. The molecule has 0 aliphatic heterocycles. The number of hydrogen-bond donors (Lipinski definition) is 1. The molecule has 6 nitrogen and oxygen atoms in total. The van der Waals surface area contributed by atoms with Crippen LogP contribution >= 0.6 is 0 Å².